The standard InChI is InChI=1S/C17H26ClNO2P/c18-17-9-7-15(8-10-17)13-19-11-4-12-22(20,21)14-16-5-2-1-3-6-16/h7-10,14,19-21H,1-6,11-13H2/q+1. The zero-order valence-electron chi connectivity index (χ0n) is 13.0. The van der Waals surface area contributed by atoms with Gasteiger partial charge < -0.3 is 5.32 Å². The van der Waals surface area contributed by atoms with Crippen molar-refractivity contribution < 1.29 is 9.79 Å². The van der Waals surface area contributed by atoms with E-state index in [9.17, 15) is 9.79 Å². The minimum atomic E-state index is -2.85. The van der Waals surface area contributed by atoms with Gasteiger partial charge in [-0.3, -0.25) is 0 Å². The molecular formula is C17H26ClNO2P+. The van der Waals surface area contributed by atoms with Gasteiger partial charge in [0, 0.05) is 11.6 Å². The summed E-state index contributed by atoms with van der Waals surface area (Å²) < 4.78 is 0. The van der Waals surface area contributed by atoms with Crippen molar-refractivity contribution in [2.75, 3.05) is 12.7 Å². The summed E-state index contributed by atoms with van der Waals surface area (Å²) in [5.41, 5.74) is 2.43. The lowest BCUT2D eigenvalue weighted by Gasteiger charge is -2.15. The van der Waals surface area contributed by atoms with Gasteiger partial charge in [-0.15, -0.1) is 0 Å². The molecule has 3 nitrogen and oxygen atoms in total. The smallest absolute Gasteiger partial charge is 0.292 e. The molecule has 0 aromatic heterocycles. The summed E-state index contributed by atoms with van der Waals surface area (Å²) >= 11 is 5.85. The molecule has 1 aliphatic rings. The van der Waals surface area contributed by atoms with Crippen molar-refractivity contribution in [3.05, 3.63) is 46.2 Å². The van der Waals surface area contributed by atoms with Crippen molar-refractivity contribution in [1.82, 2.24) is 5.32 Å². The Bertz CT molecular complexity index is 480. The number of nitrogens with one attached hydrogen (secondary N) is 1. The van der Waals surface area contributed by atoms with E-state index in [1.165, 1.54) is 30.4 Å². The van der Waals surface area contributed by atoms with Gasteiger partial charge in [0.15, 0.2) is 0 Å². The Morgan fingerprint density at radius 1 is 1.09 bits per heavy atom. The summed E-state index contributed by atoms with van der Waals surface area (Å²) in [6, 6.07) is 7.76. The van der Waals surface area contributed by atoms with Crippen LogP contribution in [-0.2, 0) is 6.54 Å². The van der Waals surface area contributed by atoms with Gasteiger partial charge in [0.1, 0.15) is 12.0 Å². The second-order valence-corrected chi connectivity index (χ2v) is 8.73. The van der Waals surface area contributed by atoms with E-state index in [2.05, 4.69) is 5.32 Å². The fourth-order valence-corrected chi connectivity index (χ4v) is 4.49. The molecule has 122 valence electrons. The van der Waals surface area contributed by atoms with Crippen LogP contribution in [0.5, 0.6) is 0 Å². The first kappa shape index (κ1) is 17.9. The first-order chi connectivity index (χ1) is 10.6. The van der Waals surface area contributed by atoms with Crippen LogP contribution in [-0.4, -0.2) is 22.5 Å². The molecule has 1 saturated carbocycles. The third-order valence-electron chi connectivity index (χ3n) is 3.97. The number of allylic oxidation sites excluding steroid dienone is 1. The maximum absolute atomic E-state index is 10.2. The first-order valence-corrected chi connectivity index (χ1v) is 10.4. The van der Waals surface area contributed by atoms with E-state index in [0.717, 1.165) is 37.4 Å². The van der Waals surface area contributed by atoms with E-state index in [1.807, 2.05) is 24.3 Å². The SMILES string of the molecule is O[P+](O)(C=C1CCCCC1)CCCNCc1ccc(Cl)cc1. The quantitative estimate of drug-likeness (QED) is 0.505. The highest BCUT2D eigenvalue weighted by molar-refractivity contribution is 7.67. The molecule has 0 aliphatic heterocycles. The second-order valence-electron chi connectivity index (χ2n) is 6.01. The molecule has 22 heavy (non-hydrogen) atoms. The lowest BCUT2D eigenvalue weighted by atomic mass is 9.96. The molecule has 0 spiro atoms. The molecular weight excluding hydrogens is 317 g/mol. The Hall–Kier alpha value is -0.440. The van der Waals surface area contributed by atoms with Crippen LogP contribution in [0.2, 0.25) is 5.02 Å². The van der Waals surface area contributed by atoms with Crippen molar-refractivity contribution in [3.8, 4) is 0 Å². The van der Waals surface area contributed by atoms with Crippen LogP contribution in [0.1, 0.15) is 44.1 Å². The lowest BCUT2D eigenvalue weighted by Crippen LogP contribution is -2.16. The van der Waals surface area contributed by atoms with Gasteiger partial charge in [-0.2, -0.15) is 0 Å². The molecule has 0 radical (unpaired) electrons. The van der Waals surface area contributed by atoms with E-state index >= 15 is 0 Å². The molecule has 1 fully saturated rings. The molecule has 0 amide bonds. The predicted molar refractivity (Wildman–Crippen MR) is 95.2 cm³/mol. The molecule has 0 bridgehead atoms. The minimum absolute atomic E-state index is 0.476. The first-order valence-electron chi connectivity index (χ1n) is 8.04. The molecule has 2 rings (SSSR count). The summed E-state index contributed by atoms with van der Waals surface area (Å²) in [5, 5.41) is 4.07. The molecule has 1 aliphatic carbocycles. The van der Waals surface area contributed by atoms with Crippen molar-refractivity contribution in [3.63, 3.8) is 0 Å². The van der Waals surface area contributed by atoms with E-state index in [0.29, 0.717) is 6.16 Å². The second kappa shape index (κ2) is 9.00. The summed E-state index contributed by atoms with van der Waals surface area (Å²) in [5.74, 6) is 1.78. The van der Waals surface area contributed by atoms with E-state index in [-0.39, 0.29) is 0 Å². The van der Waals surface area contributed by atoms with Gasteiger partial charge in [0.25, 0.3) is 7.72 Å². The maximum Gasteiger partial charge on any atom is 0.292 e. The van der Waals surface area contributed by atoms with Gasteiger partial charge in [-0.05, 0) is 61.9 Å². The normalized spacial score (nSPS) is 15.9. The molecule has 5 heteroatoms. The third kappa shape index (κ3) is 6.76. The van der Waals surface area contributed by atoms with Crippen LogP contribution in [0.25, 0.3) is 0 Å². The lowest BCUT2D eigenvalue weighted by molar-refractivity contribution is 0.458. The Morgan fingerprint density at radius 3 is 2.45 bits per heavy atom. The van der Waals surface area contributed by atoms with Gasteiger partial charge in [-0.1, -0.05) is 30.2 Å². The minimum Gasteiger partial charge on any atom is -0.313 e. The summed E-state index contributed by atoms with van der Waals surface area (Å²) in [6.45, 7) is 1.56. The molecule has 0 heterocycles. The molecule has 1 aromatic rings. The Morgan fingerprint density at radius 2 is 1.77 bits per heavy atom. The highest BCUT2D eigenvalue weighted by Crippen LogP contribution is 2.53. The zero-order valence-corrected chi connectivity index (χ0v) is 14.6. The van der Waals surface area contributed by atoms with Crippen LogP contribution in [0, 0.1) is 0 Å². The number of rotatable bonds is 7. The van der Waals surface area contributed by atoms with Crippen LogP contribution in [0.4, 0.5) is 0 Å². The Kier molecular flexibility index (Phi) is 7.33. The predicted octanol–water partition coefficient (Wildman–Crippen LogP) is 4.50. The van der Waals surface area contributed by atoms with Crippen LogP contribution in [0.3, 0.4) is 0 Å². The largest absolute Gasteiger partial charge is 0.313 e. The fraction of sp³-hybridized carbons (Fsp3) is 0.529. The molecule has 1 aromatic carbocycles. The topological polar surface area (TPSA) is 52.5 Å². The number of halogens is 1. The molecule has 0 unspecified atom stereocenters. The van der Waals surface area contributed by atoms with Crippen molar-refractivity contribution in [2.24, 2.45) is 0 Å². The zero-order chi connectivity index (χ0) is 15.8. The fourth-order valence-electron chi connectivity index (χ4n) is 2.76. The molecule has 0 atom stereocenters. The number of hydrogen-bond donors (Lipinski definition) is 3. The van der Waals surface area contributed by atoms with E-state index < -0.39 is 7.72 Å². The van der Waals surface area contributed by atoms with Gasteiger partial charge in [-0.25, -0.2) is 9.79 Å². The van der Waals surface area contributed by atoms with Gasteiger partial charge in [0.2, 0.25) is 0 Å². The maximum atomic E-state index is 10.2. The van der Waals surface area contributed by atoms with Crippen molar-refractivity contribution in [2.45, 2.75) is 45.1 Å². The summed E-state index contributed by atoms with van der Waals surface area (Å²) in [7, 11) is -2.85. The Balaban J connectivity index is 1.65. The van der Waals surface area contributed by atoms with Gasteiger partial charge in [0.05, 0.1) is 0 Å². The monoisotopic (exact) mass is 342 g/mol. The molecule has 3 N–H and O–H groups in total. The van der Waals surface area contributed by atoms with E-state index in [1.54, 1.807) is 5.82 Å². The van der Waals surface area contributed by atoms with Crippen LogP contribution < -0.4 is 5.32 Å². The Labute approximate surface area is 138 Å². The van der Waals surface area contributed by atoms with Gasteiger partial charge >= 0.3 is 0 Å². The molecule has 0 saturated heterocycles. The number of benzene rings is 1. The van der Waals surface area contributed by atoms with E-state index in [4.69, 9.17) is 11.6 Å². The van der Waals surface area contributed by atoms with Crippen LogP contribution >= 0.6 is 19.3 Å². The highest BCUT2D eigenvalue weighted by atomic mass is 35.5. The highest BCUT2D eigenvalue weighted by Gasteiger charge is 2.30. The third-order valence-corrected chi connectivity index (χ3v) is 5.97. The number of hydrogen-bond acceptors (Lipinski definition) is 3. The van der Waals surface area contributed by atoms with Crippen molar-refractivity contribution >= 4 is 19.3 Å². The summed E-state index contributed by atoms with van der Waals surface area (Å²) in [4.78, 5) is 20.3. The van der Waals surface area contributed by atoms with Crippen LogP contribution in [0.15, 0.2) is 35.7 Å². The average molecular weight is 343 g/mol. The average Bonchev–Trinajstić information content (AvgIpc) is 2.49. The summed E-state index contributed by atoms with van der Waals surface area (Å²) in [6.07, 6.45) is 6.98. The van der Waals surface area contributed by atoms with Crippen molar-refractivity contribution in [1.29, 1.82) is 0 Å².